The molecule has 0 aromatic heterocycles. The summed E-state index contributed by atoms with van der Waals surface area (Å²) in [7, 11) is -4.56. The molecule has 0 bridgehead atoms. The number of ketones is 1. The van der Waals surface area contributed by atoms with Crippen LogP contribution in [0.2, 0.25) is 0 Å². The van der Waals surface area contributed by atoms with Crippen molar-refractivity contribution in [1.82, 2.24) is 0 Å². The standard InChI is InChI=1S/C17H12O5S/c18-17(12-4-2-1-3-5-12)15-7-6-14-11-16(22-23(19,20)21)9-8-13(14)10-15/h1-11H,(H,19,20,21). The van der Waals surface area contributed by atoms with E-state index in [0.29, 0.717) is 16.5 Å². The smallest absolute Gasteiger partial charge is 0.362 e. The van der Waals surface area contributed by atoms with E-state index in [1.807, 2.05) is 6.07 Å². The molecule has 0 fully saturated rings. The molecule has 116 valence electrons. The summed E-state index contributed by atoms with van der Waals surface area (Å²) in [5, 5.41) is 1.45. The number of carbonyl (C=O) groups excluding carboxylic acids is 1. The number of fused-ring (bicyclic) bond motifs is 1. The largest absolute Gasteiger partial charge is 0.446 e. The lowest BCUT2D eigenvalue weighted by molar-refractivity contribution is 0.103. The van der Waals surface area contributed by atoms with E-state index in [4.69, 9.17) is 4.55 Å². The van der Waals surface area contributed by atoms with Gasteiger partial charge in [0, 0.05) is 11.1 Å². The van der Waals surface area contributed by atoms with Gasteiger partial charge in [-0.25, -0.2) is 0 Å². The lowest BCUT2D eigenvalue weighted by Crippen LogP contribution is -2.06. The first kappa shape index (κ1) is 15.2. The lowest BCUT2D eigenvalue weighted by Gasteiger charge is -2.06. The van der Waals surface area contributed by atoms with Gasteiger partial charge in [0.05, 0.1) is 0 Å². The van der Waals surface area contributed by atoms with E-state index in [2.05, 4.69) is 4.18 Å². The van der Waals surface area contributed by atoms with Crippen LogP contribution in [-0.2, 0) is 10.4 Å². The first-order chi connectivity index (χ1) is 10.9. The Bertz CT molecular complexity index is 978. The Labute approximate surface area is 133 Å². The van der Waals surface area contributed by atoms with Crippen molar-refractivity contribution in [2.24, 2.45) is 0 Å². The lowest BCUT2D eigenvalue weighted by atomic mass is 10.00. The molecule has 0 amide bonds. The second kappa shape index (κ2) is 5.83. The van der Waals surface area contributed by atoms with Gasteiger partial charge >= 0.3 is 10.4 Å². The number of carbonyl (C=O) groups is 1. The van der Waals surface area contributed by atoms with Crippen LogP contribution in [0.5, 0.6) is 5.75 Å². The van der Waals surface area contributed by atoms with Crippen molar-refractivity contribution in [2.45, 2.75) is 0 Å². The van der Waals surface area contributed by atoms with Gasteiger partial charge in [0.25, 0.3) is 0 Å². The maximum Gasteiger partial charge on any atom is 0.446 e. The second-order valence-electron chi connectivity index (χ2n) is 4.93. The van der Waals surface area contributed by atoms with Crippen molar-refractivity contribution in [1.29, 1.82) is 0 Å². The molecular weight excluding hydrogens is 316 g/mol. The van der Waals surface area contributed by atoms with Crippen LogP contribution in [0.15, 0.2) is 66.7 Å². The molecule has 0 atom stereocenters. The van der Waals surface area contributed by atoms with Gasteiger partial charge < -0.3 is 4.18 Å². The predicted molar refractivity (Wildman–Crippen MR) is 86.0 cm³/mol. The van der Waals surface area contributed by atoms with Gasteiger partial charge in [-0.15, -0.1) is 0 Å². The highest BCUT2D eigenvalue weighted by Crippen LogP contribution is 2.24. The van der Waals surface area contributed by atoms with Gasteiger partial charge in [-0.1, -0.05) is 48.5 Å². The van der Waals surface area contributed by atoms with Gasteiger partial charge in [-0.3, -0.25) is 9.35 Å². The van der Waals surface area contributed by atoms with Gasteiger partial charge in [-0.2, -0.15) is 8.42 Å². The summed E-state index contributed by atoms with van der Waals surface area (Å²) in [6, 6.07) is 18.5. The molecule has 0 saturated carbocycles. The predicted octanol–water partition coefficient (Wildman–Crippen LogP) is 3.25. The zero-order valence-electron chi connectivity index (χ0n) is 11.8. The fourth-order valence-electron chi connectivity index (χ4n) is 2.29. The number of hydrogen-bond donors (Lipinski definition) is 1. The third kappa shape index (κ3) is 3.56. The minimum atomic E-state index is -4.56. The van der Waals surface area contributed by atoms with Crippen LogP contribution < -0.4 is 4.18 Å². The molecule has 0 spiro atoms. The maximum atomic E-state index is 12.4. The zero-order chi connectivity index (χ0) is 16.4. The van der Waals surface area contributed by atoms with E-state index in [1.165, 1.54) is 12.1 Å². The highest BCUT2D eigenvalue weighted by atomic mass is 32.3. The van der Waals surface area contributed by atoms with Crippen LogP contribution in [0.1, 0.15) is 15.9 Å². The molecule has 3 rings (SSSR count). The third-order valence-electron chi connectivity index (χ3n) is 3.31. The van der Waals surface area contributed by atoms with E-state index in [-0.39, 0.29) is 11.5 Å². The van der Waals surface area contributed by atoms with Crippen LogP contribution >= 0.6 is 0 Å². The quantitative estimate of drug-likeness (QED) is 0.587. The summed E-state index contributed by atoms with van der Waals surface area (Å²) < 4.78 is 34.6. The van der Waals surface area contributed by atoms with Crippen molar-refractivity contribution in [2.75, 3.05) is 0 Å². The van der Waals surface area contributed by atoms with Gasteiger partial charge in [-0.05, 0) is 29.0 Å². The summed E-state index contributed by atoms with van der Waals surface area (Å²) in [6.45, 7) is 0. The fourth-order valence-corrected chi connectivity index (χ4v) is 2.64. The molecule has 3 aromatic rings. The Morgan fingerprint density at radius 2 is 1.48 bits per heavy atom. The molecule has 0 aliphatic heterocycles. The molecule has 5 nitrogen and oxygen atoms in total. The van der Waals surface area contributed by atoms with E-state index >= 15 is 0 Å². The molecule has 0 unspecified atom stereocenters. The first-order valence-electron chi connectivity index (χ1n) is 6.73. The second-order valence-corrected chi connectivity index (χ2v) is 5.95. The van der Waals surface area contributed by atoms with Gasteiger partial charge in [0.1, 0.15) is 5.75 Å². The number of hydrogen-bond acceptors (Lipinski definition) is 4. The minimum Gasteiger partial charge on any atom is -0.362 e. The summed E-state index contributed by atoms with van der Waals surface area (Å²) in [6.07, 6.45) is 0. The third-order valence-corrected chi connectivity index (χ3v) is 3.71. The topological polar surface area (TPSA) is 80.7 Å². The normalized spacial score (nSPS) is 11.3. The highest BCUT2D eigenvalue weighted by Gasteiger charge is 2.11. The van der Waals surface area contributed by atoms with E-state index in [0.717, 1.165) is 5.39 Å². The Kier molecular flexibility index (Phi) is 3.85. The van der Waals surface area contributed by atoms with Crippen LogP contribution in [-0.4, -0.2) is 18.8 Å². The molecule has 0 aliphatic carbocycles. The first-order valence-corrected chi connectivity index (χ1v) is 8.09. The van der Waals surface area contributed by atoms with Crippen LogP contribution in [0.3, 0.4) is 0 Å². The molecule has 3 aromatic carbocycles. The Morgan fingerprint density at radius 3 is 2.17 bits per heavy atom. The highest BCUT2D eigenvalue weighted by molar-refractivity contribution is 7.81. The molecule has 0 heterocycles. The number of rotatable bonds is 4. The summed E-state index contributed by atoms with van der Waals surface area (Å²) >= 11 is 0. The van der Waals surface area contributed by atoms with Crippen molar-refractivity contribution < 1.29 is 21.9 Å². The maximum absolute atomic E-state index is 12.4. The Balaban J connectivity index is 1.97. The molecular formula is C17H12O5S. The summed E-state index contributed by atoms with van der Waals surface area (Å²) in [4.78, 5) is 12.4. The SMILES string of the molecule is O=C(c1ccccc1)c1ccc2cc(OS(=O)(=O)O)ccc2c1. The van der Waals surface area contributed by atoms with Crippen molar-refractivity contribution in [3.63, 3.8) is 0 Å². The van der Waals surface area contributed by atoms with E-state index in [9.17, 15) is 13.2 Å². The summed E-state index contributed by atoms with van der Waals surface area (Å²) in [5.41, 5.74) is 1.13. The van der Waals surface area contributed by atoms with E-state index < -0.39 is 10.4 Å². The number of benzene rings is 3. The zero-order valence-corrected chi connectivity index (χ0v) is 12.7. The molecule has 1 N–H and O–H groups in total. The van der Waals surface area contributed by atoms with Gasteiger partial charge in [0.2, 0.25) is 0 Å². The van der Waals surface area contributed by atoms with Crippen molar-refractivity contribution >= 4 is 27.0 Å². The van der Waals surface area contributed by atoms with Crippen LogP contribution in [0.25, 0.3) is 10.8 Å². The fraction of sp³-hybridized carbons (Fsp3) is 0. The molecule has 6 heteroatoms. The monoisotopic (exact) mass is 328 g/mol. The van der Waals surface area contributed by atoms with Crippen LogP contribution in [0.4, 0.5) is 0 Å². The van der Waals surface area contributed by atoms with Gasteiger partial charge in [0.15, 0.2) is 5.78 Å². The molecule has 0 aliphatic rings. The molecule has 0 saturated heterocycles. The van der Waals surface area contributed by atoms with Crippen molar-refractivity contribution in [3.8, 4) is 5.75 Å². The van der Waals surface area contributed by atoms with Crippen molar-refractivity contribution in [3.05, 3.63) is 77.9 Å². The molecule has 23 heavy (non-hydrogen) atoms. The molecule has 0 radical (unpaired) electrons. The minimum absolute atomic E-state index is 0.00198. The summed E-state index contributed by atoms with van der Waals surface area (Å²) in [5.74, 6) is -0.0899. The van der Waals surface area contributed by atoms with E-state index in [1.54, 1.807) is 48.5 Å². The Morgan fingerprint density at radius 1 is 0.826 bits per heavy atom. The van der Waals surface area contributed by atoms with Crippen LogP contribution in [0, 0.1) is 0 Å². The average Bonchev–Trinajstić information content (AvgIpc) is 2.53. The Hall–Kier alpha value is -2.70. The average molecular weight is 328 g/mol.